The van der Waals surface area contributed by atoms with Gasteiger partial charge in [0.25, 0.3) is 0 Å². The monoisotopic (exact) mass is 287 g/mol. The van der Waals surface area contributed by atoms with E-state index >= 15 is 0 Å². The van der Waals surface area contributed by atoms with Gasteiger partial charge in [-0.05, 0) is 36.2 Å². The molecular formula is C16H15F2N3. The second-order valence-electron chi connectivity index (χ2n) is 4.97. The predicted molar refractivity (Wildman–Crippen MR) is 78.0 cm³/mol. The quantitative estimate of drug-likeness (QED) is 0.775. The Hall–Kier alpha value is -2.27. The summed E-state index contributed by atoms with van der Waals surface area (Å²) in [5, 5.41) is 0. The summed E-state index contributed by atoms with van der Waals surface area (Å²) in [6.07, 6.45) is 1.38. The zero-order chi connectivity index (χ0) is 14.8. The van der Waals surface area contributed by atoms with Gasteiger partial charge in [0.15, 0.2) is 11.6 Å². The molecule has 21 heavy (non-hydrogen) atoms. The fraction of sp³-hybridized carbons (Fsp3) is 0.188. The van der Waals surface area contributed by atoms with Gasteiger partial charge in [-0.15, -0.1) is 0 Å². The van der Waals surface area contributed by atoms with E-state index in [0.717, 1.165) is 18.1 Å². The van der Waals surface area contributed by atoms with Gasteiger partial charge in [0, 0.05) is 6.42 Å². The number of hydrogen-bond donors (Lipinski definition) is 2. The molecule has 1 heterocycles. The molecule has 0 atom stereocenters. The third-order valence-electron chi connectivity index (χ3n) is 3.42. The normalized spacial score (nSPS) is 11.2. The Labute approximate surface area is 120 Å². The van der Waals surface area contributed by atoms with Gasteiger partial charge in [-0.25, -0.2) is 13.8 Å². The summed E-state index contributed by atoms with van der Waals surface area (Å²) in [6, 6.07) is 10.6. The van der Waals surface area contributed by atoms with Gasteiger partial charge in [-0.3, -0.25) is 0 Å². The second kappa shape index (κ2) is 5.61. The molecule has 5 heteroatoms. The second-order valence-corrected chi connectivity index (χ2v) is 4.97. The van der Waals surface area contributed by atoms with Gasteiger partial charge in [0.1, 0.15) is 11.3 Å². The zero-order valence-electron chi connectivity index (χ0n) is 11.4. The molecule has 0 fully saturated rings. The van der Waals surface area contributed by atoms with Crippen molar-refractivity contribution in [3.8, 4) is 0 Å². The van der Waals surface area contributed by atoms with Crippen LogP contribution in [0.3, 0.4) is 0 Å². The Kier molecular flexibility index (Phi) is 3.66. The SMILES string of the molecule is NCCc1ccc(Cc2nc3c(F)c(F)ccc3[nH]2)cc1. The van der Waals surface area contributed by atoms with Crippen LogP contribution in [0.2, 0.25) is 0 Å². The van der Waals surface area contributed by atoms with Gasteiger partial charge in [-0.1, -0.05) is 24.3 Å². The van der Waals surface area contributed by atoms with Gasteiger partial charge in [0.2, 0.25) is 0 Å². The van der Waals surface area contributed by atoms with Crippen molar-refractivity contribution in [2.45, 2.75) is 12.8 Å². The molecule has 3 aromatic rings. The van der Waals surface area contributed by atoms with Crippen molar-refractivity contribution in [1.29, 1.82) is 0 Å². The highest BCUT2D eigenvalue weighted by molar-refractivity contribution is 5.75. The molecule has 0 saturated carbocycles. The first-order chi connectivity index (χ1) is 10.2. The molecule has 0 aliphatic rings. The number of H-pyrrole nitrogens is 1. The summed E-state index contributed by atoms with van der Waals surface area (Å²) in [5.74, 6) is -1.18. The maximum absolute atomic E-state index is 13.6. The molecule has 0 unspecified atom stereocenters. The number of rotatable bonds is 4. The van der Waals surface area contributed by atoms with Gasteiger partial charge in [-0.2, -0.15) is 0 Å². The topological polar surface area (TPSA) is 54.7 Å². The van der Waals surface area contributed by atoms with E-state index < -0.39 is 11.6 Å². The predicted octanol–water partition coefficient (Wildman–Crippen LogP) is 2.93. The van der Waals surface area contributed by atoms with Crippen LogP contribution in [0.25, 0.3) is 11.0 Å². The van der Waals surface area contributed by atoms with Crippen LogP contribution in [-0.4, -0.2) is 16.5 Å². The van der Waals surface area contributed by atoms with Gasteiger partial charge in [0.05, 0.1) is 5.52 Å². The standard InChI is InChI=1S/C16H15F2N3/c17-12-5-6-13-16(15(12)18)21-14(20-13)9-11-3-1-10(2-4-11)7-8-19/h1-6H,7-9,19H2,(H,20,21). The summed E-state index contributed by atoms with van der Waals surface area (Å²) in [5.41, 5.74) is 8.29. The highest BCUT2D eigenvalue weighted by Crippen LogP contribution is 2.19. The number of halogens is 2. The first-order valence-corrected chi connectivity index (χ1v) is 6.78. The molecule has 0 amide bonds. The number of aromatic nitrogens is 2. The van der Waals surface area contributed by atoms with Gasteiger partial charge < -0.3 is 10.7 Å². The Morgan fingerprint density at radius 3 is 2.43 bits per heavy atom. The van der Waals surface area contributed by atoms with E-state index in [1.807, 2.05) is 24.3 Å². The summed E-state index contributed by atoms with van der Waals surface area (Å²) in [4.78, 5) is 7.15. The molecule has 0 saturated heterocycles. The molecule has 0 bridgehead atoms. The van der Waals surface area contributed by atoms with Crippen molar-refractivity contribution < 1.29 is 8.78 Å². The van der Waals surface area contributed by atoms with Crippen molar-refractivity contribution in [2.24, 2.45) is 5.73 Å². The Morgan fingerprint density at radius 1 is 1.00 bits per heavy atom. The minimum atomic E-state index is -0.909. The van der Waals surface area contributed by atoms with Crippen molar-refractivity contribution in [2.75, 3.05) is 6.54 Å². The largest absolute Gasteiger partial charge is 0.342 e. The van der Waals surface area contributed by atoms with Crippen molar-refractivity contribution in [3.05, 3.63) is 65.0 Å². The number of benzene rings is 2. The van der Waals surface area contributed by atoms with E-state index in [1.54, 1.807) is 0 Å². The van der Waals surface area contributed by atoms with Crippen LogP contribution in [0.5, 0.6) is 0 Å². The lowest BCUT2D eigenvalue weighted by Gasteiger charge is -2.01. The van der Waals surface area contributed by atoms with Crippen molar-refractivity contribution >= 4 is 11.0 Å². The summed E-state index contributed by atoms with van der Waals surface area (Å²) >= 11 is 0. The Morgan fingerprint density at radius 2 is 1.71 bits per heavy atom. The van der Waals surface area contributed by atoms with Crippen LogP contribution >= 0.6 is 0 Å². The molecule has 0 aliphatic carbocycles. The fourth-order valence-electron chi connectivity index (χ4n) is 2.34. The molecular weight excluding hydrogens is 272 g/mol. The molecule has 0 radical (unpaired) electrons. The Balaban J connectivity index is 1.86. The number of nitrogens with two attached hydrogens (primary N) is 1. The number of nitrogens with one attached hydrogen (secondary N) is 1. The number of aromatic amines is 1. The zero-order valence-corrected chi connectivity index (χ0v) is 11.4. The smallest absolute Gasteiger partial charge is 0.186 e. The first kappa shape index (κ1) is 13.7. The van der Waals surface area contributed by atoms with Crippen LogP contribution in [-0.2, 0) is 12.8 Å². The molecule has 3 rings (SSSR count). The maximum atomic E-state index is 13.6. The van der Waals surface area contributed by atoms with Crippen LogP contribution in [0, 0.1) is 11.6 Å². The molecule has 0 spiro atoms. The van der Waals surface area contributed by atoms with E-state index in [1.165, 1.54) is 11.6 Å². The fourth-order valence-corrected chi connectivity index (χ4v) is 2.34. The minimum absolute atomic E-state index is 0.0461. The van der Waals surface area contributed by atoms with E-state index in [4.69, 9.17) is 5.73 Å². The lowest BCUT2D eigenvalue weighted by molar-refractivity contribution is 0.515. The van der Waals surface area contributed by atoms with E-state index in [-0.39, 0.29) is 5.52 Å². The van der Waals surface area contributed by atoms with Crippen molar-refractivity contribution in [3.63, 3.8) is 0 Å². The summed E-state index contributed by atoms with van der Waals surface area (Å²) in [6.45, 7) is 0.619. The minimum Gasteiger partial charge on any atom is -0.342 e. The van der Waals surface area contributed by atoms with Crippen LogP contribution in [0.15, 0.2) is 36.4 Å². The lowest BCUT2D eigenvalue weighted by atomic mass is 10.1. The number of hydrogen-bond acceptors (Lipinski definition) is 2. The molecule has 1 aromatic heterocycles. The molecule has 0 aliphatic heterocycles. The van der Waals surface area contributed by atoms with Crippen LogP contribution < -0.4 is 5.73 Å². The number of fused-ring (bicyclic) bond motifs is 1. The molecule has 2 aromatic carbocycles. The molecule has 3 nitrogen and oxygen atoms in total. The first-order valence-electron chi connectivity index (χ1n) is 6.78. The van der Waals surface area contributed by atoms with E-state index in [2.05, 4.69) is 9.97 Å². The highest BCUT2D eigenvalue weighted by atomic mass is 19.2. The average Bonchev–Trinajstić information content (AvgIpc) is 2.89. The molecule has 3 N–H and O–H groups in total. The van der Waals surface area contributed by atoms with Gasteiger partial charge >= 0.3 is 0 Å². The van der Waals surface area contributed by atoms with E-state index in [0.29, 0.717) is 24.3 Å². The third-order valence-corrected chi connectivity index (χ3v) is 3.42. The summed E-state index contributed by atoms with van der Waals surface area (Å²) in [7, 11) is 0. The molecule has 108 valence electrons. The van der Waals surface area contributed by atoms with Crippen LogP contribution in [0.4, 0.5) is 8.78 Å². The maximum Gasteiger partial charge on any atom is 0.186 e. The Bertz CT molecular complexity index is 763. The highest BCUT2D eigenvalue weighted by Gasteiger charge is 2.12. The number of imidazole rings is 1. The van der Waals surface area contributed by atoms with Crippen molar-refractivity contribution in [1.82, 2.24) is 9.97 Å². The lowest BCUT2D eigenvalue weighted by Crippen LogP contribution is -2.02. The third kappa shape index (κ3) is 2.78. The van der Waals surface area contributed by atoms with E-state index in [9.17, 15) is 8.78 Å². The van der Waals surface area contributed by atoms with Crippen LogP contribution in [0.1, 0.15) is 17.0 Å². The summed E-state index contributed by atoms with van der Waals surface area (Å²) < 4.78 is 26.8. The number of nitrogens with zero attached hydrogens (tertiary/aromatic N) is 1. The average molecular weight is 287 g/mol.